The number of aromatic nitrogens is 2. The first-order valence-corrected chi connectivity index (χ1v) is 7.16. The Morgan fingerprint density at radius 3 is 2.78 bits per heavy atom. The summed E-state index contributed by atoms with van der Waals surface area (Å²) >= 11 is 1.74. The smallest absolute Gasteiger partial charge is 0.113 e. The van der Waals surface area contributed by atoms with Gasteiger partial charge in [-0.3, -0.25) is 0 Å². The van der Waals surface area contributed by atoms with Crippen LogP contribution in [0, 0.1) is 0 Å². The predicted molar refractivity (Wildman–Crippen MR) is 77.1 cm³/mol. The monoisotopic (exact) mass is 263 g/mol. The van der Waals surface area contributed by atoms with Gasteiger partial charge < -0.3 is 10.3 Å². The summed E-state index contributed by atoms with van der Waals surface area (Å²) in [5.41, 5.74) is 8.16. The molecule has 0 atom stereocenters. The molecular weight excluding hydrogens is 242 g/mol. The van der Waals surface area contributed by atoms with Crippen LogP contribution in [0.5, 0.6) is 0 Å². The summed E-state index contributed by atoms with van der Waals surface area (Å²) in [7, 11) is 0. The first kappa shape index (κ1) is 13.3. The summed E-state index contributed by atoms with van der Waals surface area (Å²) < 4.78 is 2.18. The molecule has 0 fully saturated rings. The van der Waals surface area contributed by atoms with Crippen LogP contribution in [0.25, 0.3) is 0 Å². The molecule has 0 amide bonds. The van der Waals surface area contributed by atoms with E-state index in [2.05, 4.69) is 49.2 Å². The molecule has 0 spiro atoms. The zero-order chi connectivity index (χ0) is 13.2. The maximum atomic E-state index is 5.55. The minimum atomic E-state index is 0.135. The molecule has 2 heterocycles. The third kappa shape index (κ3) is 3.21. The Kier molecular flexibility index (Phi) is 3.88. The number of hydrogen-bond acceptors (Lipinski definition) is 3. The molecule has 18 heavy (non-hydrogen) atoms. The lowest BCUT2D eigenvalue weighted by molar-refractivity contribution is 0.569. The van der Waals surface area contributed by atoms with Gasteiger partial charge in [-0.05, 0) is 24.6 Å². The van der Waals surface area contributed by atoms with E-state index in [0.717, 1.165) is 18.0 Å². The van der Waals surface area contributed by atoms with Gasteiger partial charge in [0.05, 0.1) is 12.2 Å². The third-order valence-corrected chi connectivity index (χ3v) is 3.72. The Morgan fingerprint density at radius 2 is 2.17 bits per heavy atom. The molecule has 2 aromatic heterocycles. The lowest BCUT2D eigenvalue weighted by Crippen LogP contribution is -2.11. The highest BCUT2D eigenvalue weighted by Gasteiger charge is 2.17. The quantitative estimate of drug-likeness (QED) is 0.922. The van der Waals surface area contributed by atoms with Crippen LogP contribution < -0.4 is 5.73 Å². The molecular formula is C14H21N3S. The molecule has 0 aliphatic carbocycles. The standard InChI is InChI=1S/C14H21N3S/c1-14(2,3)12-10-18-13(16-12)9-17-7-5-11(8-17)4-6-15/h5,7-8,10H,4,6,9,15H2,1-3H3. The molecule has 3 nitrogen and oxygen atoms in total. The van der Waals surface area contributed by atoms with Gasteiger partial charge >= 0.3 is 0 Å². The fraction of sp³-hybridized carbons (Fsp3) is 0.500. The van der Waals surface area contributed by atoms with E-state index in [1.165, 1.54) is 11.3 Å². The van der Waals surface area contributed by atoms with Gasteiger partial charge in [0, 0.05) is 23.2 Å². The summed E-state index contributed by atoms with van der Waals surface area (Å²) in [6.45, 7) is 8.14. The Hall–Kier alpha value is -1.13. The molecule has 0 bridgehead atoms. The molecule has 98 valence electrons. The van der Waals surface area contributed by atoms with E-state index in [0.29, 0.717) is 6.54 Å². The second-order valence-electron chi connectivity index (χ2n) is 5.61. The molecule has 0 radical (unpaired) electrons. The number of thiazole rings is 1. The third-order valence-electron chi connectivity index (χ3n) is 2.88. The van der Waals surface area contributed by atoms with Crippen LogP contribution in [0.15, 0.2) is 23.8 Å². The van der Waals surface area contributed by atoms with Crippen molar-refractivity contribution < 1.29 is 0 Å². The number of nitrogens with zero attached hydrogens (tertiary/aromatic N) is 2. The van der Waals surface area contributed by atoms with Gasteiger partial charge in [-0.2, -0.15) is 0 Å². The zero-order valence-corrected chi connectivity index (χ0v) is 12.1. The van der Waals surface area contributed by atoms with E-state index < -0.39 is 0 Å². The van der Waals surface area contributed by atoms with Crippen LogP contribution in [0.3, 0.4) is 0 Å². The number of hydrogen-bond donors (Lipinski definition) is 1. The van der Waals surface area contributed by atoms with Crippen molar-refractivity contribution in [1.82, 2.24) is 9.55 Å². The summed E-state index contributed by atoms with van der Waals surface area (Å²) in [5, 5.41) is 3.33. The highest BCUT2D eigenvalue weighted by molar-refractivity contribution is 7.09. The van der Waals surface area contributed by atoms with Crippen LogP contribution in [-0.4, -0.2) is 16.1 Å². The van der Waals surface area contributed by atoms with E-state index in [-0.39, 0.29) is 5.41 Å². The second-order valence-corrected chi connectivity index (χ2v) is 6.55. The lowest BCUT2D eigenvalue weighted by atomic mass is 9.93. The van der Waals surface area contributed by atoms with Gasteiger partial charge in [-0.15, -0.1) is 11.3 Å². The van der Waals surface area contributed by atoms with E-state index in [9.17, 15) is 0 Å². The first-order valence-electron chi connectivity index (χ1n) is 6.28. The molecule has 0 aliphatic heterocycles. The largest absolute Gasteiger partial charge is 0.347 e. The fourth-order valence-electron chi connectivity index (χ4n) is 1.79. The topological polar surface area (TPSA) is 43.8 Å². The summed E-state index contributed by atoms with van der Waals surface area (Å²) in [6.07, 6.45) is 5.20. The van der Waals surface area contributed by atoms with Crippen molar-refractivity contribution in [2.24, 2.45) is 5.73 Å². The number of rotatable bonds is 4. The molecule has 4 heteroatoms. The van der Waals surface area contributed by atoms with E-state index in [4.69, 9.17) is 10.7 Å². The lowest BCUT2D eigenvalue weighted by Gasteiger charge is -2.14. The average molecular weight is 263 g/mol. The van der Waals surface area contributed by atoms with E-state index in [1.807, 2.05) is 0 Å². The molecule has 0 saturated heterocycles. The molecule has 2 N–H and O–H groups in total. The first-order chi connectivity index (χ1) is 8.49. The molecule has 0 aliphatic rings. The van der Waals surface area contributed by atoms with Crippen LogP contribution in [-0.2, 0) is 18.4 Å². The van der Waals surface area contributed by atoms with Crippen LogP contribution in [0.1, 0.15) is 37.0 Å². The minimum Gasteiger partial charge on any atom is -0.347 e. The highest BCUT2D eigenvalue weighted by atomic mass is 32.1. The minimum absolute atomic E-state index is 0.135. The zero-order valence-electron chi connectivity index (χ0n) is 11.3. The SMILES string of the molecule is CC(C)(C)c1csc(Cn2ccc(CCN)c2)n1. The Morgan fingerprint density at radius 1 is 1.39 bits per heavy atom. The normalized spacial score (nSPS) is 12.0. The fourth-order valence-corrected chi connectivity index (χ4v) is 2.82. The molecule has 0 unspecified atom stereocenters. The molecule has 0 aromatic carbocycles. The van der Waals surface area contributed by atoms with E-state index >= 15 is 0 Å². The van der Waals surface area contributed by atoms with Gasteiger partial charge in [0.2, 0.25) is 0 Å². The van der Waals surface area contributed by atoms with Crippen molar-refractivity contribution in [2.75, 3.05) is 6.54 Å². The number of nitrogens with two attached hydrogens (primary N) is 1. The van der Waals surface area contributed by atoms with Crippen molar-refractivity contribution >= 4 is 11.3 Å². The summed E-state index contributed by atoms with van der Waals surface area (Å²) in [4.78, 5) is 4.71. The van der Waals surface area contributed by atoms with Gasteiger partial charge in [0.1, 0.15) is 5.01 Å². The summed E-state index contributed by atoms with van der Waals surface area (Å²) in [6, 6.07) is 2.13. The molecule has 2 aromatic rings. The van der Waals surface area contributed by atoms with Crippen molar-refractivity contribution in [3.05, 3.63) is 40.1 Å². The predicted octanol–water partition coefficient (Wildman–Crippen LogP) is 2.79. The Bertz CT molecular complexity index is 505. The molecule has 2 rings (SSSR count). The average Bonchev–Trinajstić information content (AvgIpc) is 2.88. The van der Waals surface area contributed by atoms with Gasteiger partial charge in [-0.1, -0.05) is 20.8 Å². The van der Waals surface area contributed by atoms with Gasteiger partial charge in [0.25, 0.3) is 0 Å². The van der Waals surface area contributed by atoms with Crippen LogP contribution >= 0.6 is 11.3 Å². The highest BCUT2D eigenvalue weighted by Crippen LogP contribution is 2.24. The Labute approximate surface area is 113 Å². The summed E-state index contributed by atoms with van der Waals surface area (Å²) in [5.74, 6) is 0. The van der Waals surface area contributed by atoms with Crippen molar-refractivity contribution in [3.63, 3.8) is 0 Å². The van der Waals surface area contributed by atoms with Crippen molar-refractivity contribution in [3.8, 4) is 0 Å². The van der Waals surface area contributed by atoms with Crippen LogP contribution in [0.2, 0.25) is 0 Å². The van der Waals surface area contributed by atoms with Gasteiger partial charge in [0.15, 0.2) is 0 Å². The van der Waals surface area contributed by atoms with Crippen LogP contribution in [0.4, 0.5) is 0 Å². The maximum Gasteiger partial charge on any atom is 0.113 e. The second kappa shape index (κ2) is 5.24. The van der Waals surface area contributed by atoms with Crippen molar-refractivity contribution in [1.29, 1.82) is 0 Å². The van der Waals surface area contributed by atoms with Gasteiger partial charge in [-0.25, -0.2) is 4.98 Å². The maximum absolute atomic E-state index is 5.55. The Balaban J connectivity index is 2.06. The van der Waals surface area contributed by atoms with Crippen molar-refractivity contribution in [2.45, 2.75) is 39.2 Å². The molecule has 0 saturated carbocycles. The van der Waals surface area contributed by atoms with E-state index in [1.54, 1.807) is 11.3 Å².